The average Bonchev–Trinajstić information content (AvgIpc) is 3.05. The maximum atomic E-state index is 12.5. The fourth-order valence-corrected chi connectivity index (χ4v) is 2.85. The van der Waals surface area contributed by atoms with Crippen molar-refractivity contribution in [2.24, 2.45) is 0 Å². The Balaban J connectivity index is 2.01. The second kappa shape index (κ2) is 7.04. The van der Waals surface area contributed by atoms with E-state index >= 15 is 0 Å². The largest absolute Gasteiger partial charge is 0.462 e. The van der Waals surface area contributed by atoms with Crippen LogP contribution in [-0.4, -0.2) is 28.3 Å². The zero-order valence-electron chi connectivity index (χ0n) is 12.8. The van der Waals surface area contributed by atoms with E-state index < -0.39 is 23.7 Å². The van der Waals surface area contributed by atoms with Gasteiger partial charge in [-0.05, 0) is 31.5 Å². The molecule has 6 nitrogen and oxygen atoms in total. The number of hydrogen-bond donors (Lipinski definition) is 1. The zero-order chi connectivity index (χ0) is 17.9. The highest BCUT2D eigenvalue weighted by molar-refractivity contribution is 7.18. The van der Waals surface area contributed by atoms with Gasteiger partial charge in [0.05, 0.1) is 11.6 Å². The number of hydrogen-bond acceptors (Lipinski definition) is 5. The van der Waals surface area contributed by atoms with E-state index in [2.05, 4.69) is 10.4 Å². The molecule has 0 aliphatic rings. The Morgan fingerprint density at radius 1 is 1.42 bits per heavy atom. The molecule has 2 aromatic rings. The van der Waals surface area contributed by atoms with Crippen LogP contribution in [0.1, 0.15) is 27.9 Å². The Kier molecular flexibility index (Phi) is 5.27. The SMILES string of the molecule is CCOC(=O)c1sc(NC(=O)Cn2ccc(C(F)(F)F)n2)cc1C. The van der Waals surface area contributed by atoms with Crippen LogP contribution in [0.2, 0.25) is 0 Å². The smallest absolute Gasteiger partial charge is 0.435 e. The molecule has 0 aliphatic heterocycles. The minimum Gasteiger partial charge on any atom is -0.462 e. The summed E-state index contributed by atoms with van der Waals surface area (Å²) in [6.45, 7) is 3.24. The summed E-state index contributed by atoms with van der Waals surface area (Å²) >= 11 is 1.04. The van der Waals surface area contributed by atoms with Gasteiger partial charge in [0.1, 0.15) is 11.4 Å². The first-order valence-corrected chi connectivity index (χ1v) is 7.70. The molecular weight excluding hydrogens is 347 g/mol. The molecule has 0 spiro atoms. The van der Waals surface area contributed by atoms with E-state index in [4.69, 9.17) is 4.74 Å². The van der Waals surface area contributed by atoms with E-state index in [9.17, 15) is 22.8 Å². The number of carbonyl (C=O) groups excluding carboxylic acids is 2. The Labute approximate surface area is 139 Å². The van der Waals surface area contributed by atoms with Crippen molar-refractivity contribution in [2.75, 3.05) is 11.9 Å². The van der Waals surface area contributed by atoms with Crippen molar-refractivity contribution < 1.29 is 27.5 Å². The number of ether oxygens (including phenoxy) is 1. The number of halogens is 3. The third-order valence-electron chi connectivity index (χ3n) is 2.88. The van der Waals surface area contributed by atoms with E-state index in [0.29, 0.717) is 15.4 Å². The van der Waals surface area contributed by atoms with Gasteiger partial charge in [-0.2, -0.15) is 18.3 Å². The number of aryl methyl sites for hydroxylation is 1. The molecule has 10 heteroatoms. The van der Waals surface area contributed by atoms with Crippen LogP contribution in [-0.2, 0) is 22.3 Å². The van der Waals surface area contributed by atoms with Crippen molar-refractivity contribution in [3.05, 3.63) is 34.5 Å². The second-order valence-corrected chi connectivity index (χ2v) is 5.84. The number of esters is 1. The monoisotopic (exact) mass is 361 g/mol. The number of anilines is 1. The fourth-order valence-electron chi connectivity index (χ4n) is 1.87. The van der Waals surface area contributed by atoms with Crippen LogP contribution >= 0.6 is 11.3 Å². The minimum absolute atomic E-state index is 0.235. The normalized spacial score (nSPS) is 11.4. The molecular formula is C14H14F3N3O3S. The summed E-state index contributed by atoms with van der Waals surface area (Å²) < 4.78 is 43.1. The van der Waals surface area contributed by atoms with E-state index in [1.165, 1.54) is 0 Å². The summed E-state index contributed by atoms with van der Waals surface area (Å²) in [6, 6.07) is 2.39. The number of thiophene rings is 1. The zero-order valence-corrected chi connectivity index (χ0v) is 13.6. The Bertz CT molecular complexity index is 752. The summed E-state index contributed by atoms with van der Waals surface area (Å²) in [6.07, 6.45) is -3.48. The van der Waals surface area contributed by atoms with Crippen molar-refractivity contribution in [2.45, 2.75) is 26.6 Å². The number of nitrogens with zero attached hydrogens (tertiary/aromatic N) is 2. The highest BCUT2D eigenvalue weighted by Gasteiger charge is 2.33. The van der Waals surface area contributed by atoms with Crippen molar-refractivity contribution in [3.8, 4) is 0 Å². The lowest BCUT2D eigenvalue weighted by molar-refractivity contribution is -0.141. The van der Waals surface area contributed by atoms with Crippen LogP contribution in [0, 0.1) is 6.92 Å². The number of carbonyl (C=O) groups is 2. The maximum Gasteiger partial charge on any atom is 0.435 e. The van der Waals surface area contributed by atoms with Crippen molar-refractivity contribution in [3.63, 3.8) is 0 Å². The first-order valence-electron chi connectivity index (χ1n) is 6.88. The second-order valence-electron chi connectivity index (χ2n) is 4.79. The topological polar surface area (TPSA) is 73.2 Å². The molecule has 0 aromatic carbocycles. The summed E-state index contributed by atoms with van der Waals surface area (Å²) in [4.78, 5) is 24.0. The molecule has 1 amide bonds. The molecule has 1 N–H and O–H groups in total. The first-order chi connectivity index (χ1) is 11.2. The van der Waals surface area contributed by atoms with Gasteiger partial charge in [0.2, 0.25) is 5.91 Å². The fraction of sp³-hybridized carbons (Fsp3) is 0.357. The lowest BCUT2D eigenvalue weighted by Gasteiger charge is -2.04. The summed E-state index contributed by atoms with van der Waals surface area (Å²) in [7, 11) is 0. The van der Waals surface area contributed by atoms with E-state index in [-0.39, 0.29) is 13.2 Å². The molecule has 0 saturated heterocycles. The van der Waals surface area contributed by atoms with Gasteiger partial charge in [-0.3, -0.25) is 9.48 Å². The molecule has 2 rings (SSSR count). The maximum absolute atomic E-state index is 12.5. The highest BCUT2D eigenvalue weighted by atomic mass is 32.1. The summed E-state index contributed by atoms with van der Waals surface area (Å²) in [5.41, 5.74) is -0.418. The highest BCUT2D eigenvalue weighted by Crippen LogP contribution is 2.28. The summed E-state index contributed by atoms with van der Waals surface area (Å²) in [5.74, 6) is -1.04. The Morgan fingerprint density at radius 3 is 2.71 bits per heavy atom. The molecule has 0 unspecified atom stereocenters. The van der Waals surface area contributed by atoms with Crippen LogP contribution in [0.4, 0.5) is 18.2 Å². The lowest BCUT2D eigenvalue weighted by atomic mass is 10.3. The average molecular weight is 361 g/mol. The minimum atomic E-state index is -4.55. The first kappa shape index (κ1) is 18.0. The van der Waals surface area contributed by atoms with Gasteiger partial charge >= 0.3 is 12.1 Å². The molecule has 0 atom stereocenters. The van der Waals surface area contributed by atoms with Crippen LogP contribution in [0.3, 0.4) is 0 Å². The van der Waals surface area contributed by atoms with Crippen LogP contribution in [0.25, 0.3) is 0 Å². The predicted octanol–water partition coefficient (Wildman–Crippen LogP) is 3.09. The molecule has 0 bridgehead atoms. The Hall–Kier alpha value is -2.36. The van der Waals surface area contributed by atoms with Crippen LogP contribution in [0.5, 0.6) is 0 Å². The number of alkyl halides is 3. The van der Waals surface area contributed by atoms with E-state index in [1.54, 1.807) is 19.9 Å². The molecule has 0 aliphatic carbocycles. The number of aromatic nitrogens is 2. The molecule has 0 radical (unpaired) electrons. The third kappa shape index (κ3) is 4.34. The predicted molar refractivity (Wildman–Crippen MR) is 80.9 cm³/mol. The number of rotatable bonds is 5. The van der Waals surface area contributed by atoms with Gasteiger partial charge in [0.25, 0.3) is 0 Å². The van der Waals surface area contributed by atoms with Gasteiger partial charge in [0.15, 0.2) is 5.69 Å². The van der Waals surface area contributed by atoms with Crippen molar-refractivity contribution >= 4 is 28.2 Å². The number of nitrogens with one attached hydrogen (secondary N) is 1. The Morgan fingerprint density at radius 2 is 2.12 bits per heavy atom. The standard InChI is InChI=1S/C14H14F3N3O3S/c1-3-23-13(22)12-8(2)6-11(24-12)18-10(21)7-20-5-4-9(19-20)14(15,16)17/h4-6H,3,7H2,1-2H3,(H,18,21). The lowest BCUT2D eigenvalue weighted by Crippen LogP contribution is -2.19. The van der Waals surface area contributed by atoms with Gasteiger partial charge in [-0.15, -0.1) is 11.3 Å². The van der Waals surface area contributed by atoms with Crippen LogP contribution in [0.15, 0.2) is 18.3 Å². The van der Waals surface area contributed by atoms with E-state index in [1.807, 2.05) is 0 Å². The van der Waals surface area contributed by atoms with Crippen LogP contribution < -0.4 is 5.32 Å². The molecule has 2 heterocycles. The third-order valence-corrected chi connectivity index (χ3v) is 4.01. The van der Waals surface area contributed by atoms with Gasteiger partial charge in [-0.25, -0.2) is 4.79 Å². The van der Waals surface area contributed by atoms with Gasteiger partial charge < -0.3 is 10.1 Å². The van der Waals surface area contributed by atoms with Gasteiger partial charge in [0, 0.05) is 6.20 Å². The van der Waals surface area contributed by atoms with Crippen molar-refractivity contribution in [1.29, 1.82) is 0 Å². The van der Waals surface area contributed by atoms with Gasteiger partial charge in [-0.1, -0.05) is 0 Å². The number of amides is 1. The quantitative estimate of drug-likeness (QED) is 0.831. The molecule has 0 saturated carbocycles. The van der Waals surface area contributed by atoms with Crippen molar-refractivity contribution in [1.82, 2.24) is 9.78 Å². The summed E-state index contributed by atoms with van der Waals surface area (Å²) in [5, 5.41) is 6.23. The molecule has 24 heavy (non-hydrogen) atoms. The molecule has 130 valence electrons. The molecule has 2 aromatic heterocycles. The molecule has 0 fully saturated rings. The van der Waals surface area contributed by atoms with E-state index in [0.717, 1.165) is 28.3 Å².